The van der Waals surface area contributed by atoms with Crippen LogP contribution < -0.4 is 9.47 Å². The fraction of sp³-hybridized carbons (Fsp3) is 0.581. The van der Waals surface area contributed by atoms with E-state index in [1.807, 2.05) is 24.3 Å². The average molecular weight is 479 g/mol. The first kappa shape index (κ1) is 27.1. The molecule has 192 valence electrons. The zero-order valence-electron chi connectivity index (χ0n) is 22.1. The van der Waals surface area contributed by atoms with Gasteiger partial charge in [0.05, 0.1) is 18.1 Å². The van der Waals surface area contributed by atoms with Crippen molar-refractivity contribution in [3.8, 4) is 11.5 Å². The Balaban J connectivity index is 1.35. The zero-order chi connectivity index (χ0) is 24.6. The smallest absolute Gasteiger partial charge is 0.147 e. The summed E-state index contributed by atoms with van der Waals surface area (Å²) >= 11 is 0. The van der Waals surface area contributed by atoms with E-state index in [-0.39, 0.29) is 0 Å². The maximum Gasteiger partial charge on any atom is 0.147 e. The second-order valence-electron chi connectivity index (χ2n) is 9.73. The summed E-state index contributed by atoms with van der Waals surface area (Å²) in [4.78, 5) is 4.86. The van der Waals surface area contributed by atoms with Crippen LogP contribution in [0.15, 0.2) is 48.5 Å². The second-order valence-corrected chi connectivity index (χ2v) is 9.73. The number of ether oxygens (including phenoxy) is 2. The minimum atomic E-state index is 0.459. The van der Waals surface area contributed by atoms with E-state index < -0.39 is 0 Å². The number of hydrogen-bond donors (Lipinski definition) is 0. The number of benzene rings is 2. The SMILES string of the molecule is CCCCCCCCCCCCCCCCn1c(COc2cccc(OC)c2)nc2ccccc21. The molecule has 1 heterocycles. The predicted molar refractivity (Wildman–Crippen MR) is 147 cm³/mol. The molecule has 2 aromatic carbocycles. The molecule has 3 aromatic rings. The topological polar surface area (TPSA) is 36.3 Å². The monoisotopic (exact) mass is 478 g/mol. The Hall–Kier alpha value is -2.49. The lowest BCUT2D eigenvalue weighted by Crippen LogP contribution is -2.07. The highest BCUT2D eigenvalue weighted by Crippen LogP contribution is 2.22. The normalized spacial score (nSPS) is 11.3. The van der Waals surface area contributed by atoms with Gasteiger partial charge in [-0.3, -0.25) is 0 Å². The lowest BCUT2D eigenvalue weighted by atomic mass is 10.0. The van der Waals surface area contributed by atoms with Gasteiger partial charge in [0, 0.05) is 12.6 Å². The number of unbranched alkanes of at least 4 members (excludes halogenated alkanes) is 13. The van der Waals surface area contributed by atoms with Crippen molar-refractivity contribution in [3.63, 3.8) is 0 Å². The van der Waals surface area contributed by atoms with Gasteiger partial charge in [0.2, 0.25) is 0 Å². The van der Waals surface area contributed by atoms with Gasteiger partial charge in [0.1, 0.15) is 23.9 Å². The molecule has 35 heavy (non-hydrogen) atoms. The van der Waals surface area contributed by atoms with Crippen molar-refractivity contribution < 1.29 is 9.47 Å². The Morgan fingerprint density at radius 1 is 0.686 bits per heavy atom. The van der Waals surface area contributed by atoms with Gasteiger partial charge >= 0.3 is 0 Å². The lowest BCUT2D eigenvalue weighted by Gasteiger charge is -2.11. The molecule has 0 bridgehead atoms. The molecule has 0 atom stereocenters. The van der Waals surface area contributed by atoms with Crippen molar-refractivity contribution in [2.24, 2.45) is 0 Å². The number of fused-ring (bicyclic) bond motifs is 1. The van der Waals surface area contributed by atoms with Crippen LogP contribution in [0.2, 0.25) is 0 Å². The molecule has 1 aromatic heterocycles. The molecule has 0 saturated carbocycles. The number of aryl methyl sites for hydroxylation is 1. The Labute approximate surface area is 213 Å². The highest BCUT2D eigenvalue weighted by atomic mass is 16.5. The van der Waals surface area contributed by atoms with Gasteiger partial charge in [-0.2, -0.15) is 0 Å². The Morgan fingerprint density at radius 2 is 1.29 bits per heavy atom. The third-order valence-electron chi connectivity index (χ3n) is 6.88. The summed E-state index contributed by atoms with van der Waals surface area (Å²) < 4.78 is 13.7. The molecule has 0 fully saturated rings. The van der Waals surface area contributed by atoms with E-state index in [9.17, 15) is 0 Å². The van der Waals surface area contributed by atoms with Gasteiger partial charge in [-0.1, -0.05) is 109 Å². The van der Waals surface area contributed by atoms with Gasteiger partial charge in [0.25, 0.3) is 0 Å². The van der Waals surface area contributed by atoms with Crippen LogP contribution in [0, 0.1) is 0 Å². The summed E-state index contributed by atoms with van der Waals surface area (Å²) in [5.41, 5.74) is 2.24. The first-order chi connectivity index (χ1) is 17.3. The summed E-state index contributed by atoms with van der Waals surface area (Å²) in [6, 6.07) is 16.2. The highest BCUT2D eigenvalue weighted by Gasteiger charge is 2.11. The minimum absolute atomic E-state index is 0.459. The number of aromatic nitrogens is 2. The number of methoxy groups -OCH3 is 1. The molecule has 4 heteroatoms. The van der Waals surface area contributed by atoms with E-state index >= 15 is 0 Å². The number of rotatable bonds is 19. The van der Waals surface area contributed by atoms with Gasteiger partial charge in [-0.25, -0.2) is 4.98 Å². The van der Waals surface area contributed by atoms with E-state index in [0.29, 0.717) is 6.61 Å². The van der Waals surface area contributed by atoms with Gasteiger partial charge in [-0.15, -0.1) is 0 Å². The summed E-state index contributed by atoms with van der Waals surface area (Å²) in [6.45, 7) is 3.74. The second kappa shape index (κ2) is 16.2. The Kier molecular flexibility index (Phi) is 12.6. The predicted octanol–water partition coefficient (Wildman–Crippen LogP) is 9.11. The highest BCUT2D eigenvalue weighted by molar-refractivity contribution is 5.75. The van der Waals surface area contributed by atoms with Crippen LogP contribution in [0.3, 0.4) is 0 Å². The first-order valence-electron chi connectivity index (χ1n) is 14.0. The molecular weight excluding hydrogens is 432 g/mol. The summed E-state index contributed by atoms with van der Waals surface area (Å²) in [7, 11) is 1.68. The summed E-state index contributed by atoms with van der Waals surface area (Å²) in [5.74, 6) is 2.60. The number of imidazole rings is 1. The van der Waals surface area contributed by atoms with Crippen LogP contribution >= 0.6 is 0 Å². The van der Waals surface area contributed by atoms with Crippen LogP contribution in [-0.4, -0.2) is 16.7 Å². The Bertz CT molecular complexity index is 966. The average Bonchev–Trinajstić information content (AvgIpc) is 3.25. The van der Waals surface area contributed by atoms with E-state index in [4.69, 9.17) is 14.5 Å². The van der Waals surface area contributed by atoms with Crippen molar-refractivity contribution in [2.75, 3.05) is 7.11 Å². The zero-order valence-corrected chi connectivity index (χ0v) is 22.1. The molecule has 0 N–H and O–H groups in total. The minimum Gasteiger partial charge on any atom is -0.497 e. The number of para-hydroxylation sites is 2. The molecular formula is C31H46N2O2. The van der Waals surface area contributed by atoms with Gasteiger partial charge in [-0.05, 0) is 30.7 Å². The molecule has 0 unspecified atom stereocenters. The molecule has 0 aliphatic rings. The van der Waals surface area contributed by atoms with Crippen LogP contribution in [0.25, 0.3) is 11.0 Å². The van der Waals surface area contributed by atoms with E-state index in [0.717, 1.165) is 29.4 Å². The molecule has 4 nitrogen and oxygen atoms in total. The Morgan fingerprint density at radius 3 is 1.94 bits per heavy atom. The van der Waals surface area contributed by atoms with Crippen molar-refractivity contribution in [2.45, 2.75) is 110 Å². The standard InChI is InChI=1S/C31H46N2O2/c1-3-4-5-6-7-8-9-10-11-12-13-14-15-18-24-33-30-23-17-16-22-29(30)32-31(33)26-35-28-21-19-20-27(25-28)34-2/h16-17,19-23,25H,3-15,18,24,26H2,1-2H3. The van der Waals surface area contributed by atoms with Crippen molar-refractivity contribution in [1.82, 2.24) is 9.55 Å². The van der Waals surface area contributed by atoms with Gasteiger partial charge in [0.15, 0.2) is 0 Å². The van der Waals surface area contributed by atoms with Crippen molar-refractivity contribution >= 4 is 11.0 Å². The molecule has 3 rings (SSSR count). The van der Waals surface area contributed by atoms with Crippen molar-refractivity contribution in [1.29, 1.82) is 0 Å². The van der Waals surface area contributed by atoms with Crippen LogP contribution in [0.5, 0.6) is 11.5 Å². The summed E-state index contributed by atoms with van der Waals surface area (Å²) in [6.07, 6.45) is 19.3. The molecule has 0 spiro atoms. The molecule has 0 aliphatic heterocycles. The fourth-order valence-electron chi connectivity index (χ4n) is 4.79. The van der Waals surface area contributed by atoms with Crippen LogP contribution in [-0.2, 0) is 13.2 Å². The maximum atomic E-state index is 6.07. The van der Waals surface area contributed by atoms with E-state index in [1.165, 1.54) is 95.4 Å². The van der Waals surface area contributed by atoms with Crippen LogP contribution in [0.4, 0.5) is 0 Å². The molecule has 0 radical (unpaired) electrons. The lowest BCUT2D eigenvalue weighted by molar-refractivity contribution is 0.287. The van der Waals surface area contributed by atoms with E-state index in [2.05, 4.69) is 35.8 Å². The largest absolute Gasteiger partial charge is 0.497 e. The third kappa shape index (κ3) is 9.58. The third-order valence-corrected chi connectivity index (χ3v) is 6.88. The number of nitrogens with zero attached hydrogens (tertiary/aromatic N) is 2. The quantitative estimate of drug-likeness (QED) is 0.161. The molecule has 0 aliphatic carbocycles. The molecule has 0 saturated heterocycles. The van der Waals surface area contributed by atoms with Crippen molar-refractivity contribution in [3.05, 3.63) is 54.4 Å². The number of hydrogen-bond acceptors (Lipinski definition) is 3. The molecule has 0 amide bonds. The summed E-state index contributed by atoms with van der Waals surface area (Å²) in [5, 5.41) is 0. The fourth-order valence-corrected chi connectivity index (χ4v) is 4.79. The first-order valence-corrected chi connectivity index (χ1v) is 14.0. The van der Waals surface area contributed by atoms with Gasteiger partial charge < -0.3 is 14.0 Å². The maximum absolute atomic E-state index is 6.07. The van der Waals surface area contributed by atoms with Crippen LogP contribution in [0.1, 0.15) is 103 Å². The van der Waals surface area contributed by atoms with E-state index in [1.54, 1.807) is 7.11 Å².